The molecule has 1 atom stereocenters. The number of H-pyrrole nitrogens is 1. The molecule has 2 heteroatoms. The van der Waals surface area contributed by atoms with E-state index in [0.717, 1.165) is 17.8 Å². The summed E-state index contributed by atoms with van der Waals surface area (Å²) < 4.78 is 0. The van der Waals surface area contributed by atoms with Crippen molar-refractivity contribution < 1.29 is 0 Å². The van der Waals surface area contributed by atoms with Gasteiger partial charge in [-0.1, -0.05) is 11.6 Å². The molecule has 4 bridgehead atoms. The predicted molar refractivity (Wildman–Crippen MR) is 107 cm³/mol. The Morgan fingerprint density at radius 2 is 1.81 bits per heavy atom. The Morgan fingerprint density at radius 3 is 2.54 bits per heavy atom. The van der Waals surface area contributed by atoms with Gasteiger partial charge in [0.25, 0.3) is 0 Å². The first-order valence-electron chi connectivity index (χ1n) is 11.0. The number of nitrogens with one attached hydrogen (secondary N) is 2. The Morgan fingerprint density at radius 1 is 1.08 bits per heavy atom. The lowest BCUT2D eigenvalue weighted by Crippen LogP contribution is -2.51. The molecular weight excluding hydrogens is 316 g/mol. The second-order valence-corrected chi connectivity index (χ2v) is 10.3. The normalized spacial score (nSPS) is 38.0. The van der Waals surface area contributed by atoms with Crippen molar-refractivity contribution in [3.05, 3.63) is 35.0 Å². The third kappa shape index (κ3) is 2.41. The van der Waals surface area contributed by atoms with Gasteiger partial charge in [-0.15, -0.1) is 0 Å². The van der Waals surface area contributed by atoms with Crippen LogP contribution < -0.4 is 5.32 Å². The first-order valence-corrected chi connectivity index (χ1v) is 11.0. The minimum atomic E-state index is 0.541. The van der Waals surface area contributed by atoms with E-state index in [9.17, 15) is 0 Å². The summed E-state index contributed by atoms with van der Waals surface area (Å²) in [4.78, 5) is 3.79. The first-order chi connectivity index (χ1) is 12.7. The fourth-order valence-corrected chi connectivity index (χ4v) is 7.63. The maximum absolute atomic E-state index is 4.08. The molecular formula is C24H32N2. The van der Waals surface area contributed by atoms with Gasteiger partial charge in [0.05, 0.1) is 0 Å². The van der Waals surface area contributed by atoms with Crippen molar-refractivity contribution in [3.8, 4) is 0 Å². The third-order valence-corrected chi connectivity index (χ3v) is 8.25. The maximum Gasteiger partial charge on any atom is 0.0476 e. The number of fused-ring (bicyclic) bond motifs is 3. The fraction of sp³-hybridized carbons (Fsp3) is 0.667. The van der Waals surface area contributed by atoms with Crippen LogP contribution in [0.3, 0.4) is 0 Å². The molecule has 1 heterocycles. The quantitative estimate of drug-likeness (QED) is 0.736. The van der Waals surface area contributed by atoms with E-state index in [0.29, 0.717) is 11.5 Å². The van der Waals surface area contributed by atoms with Gasteiger partial charge >= 0.3 is 0 Å². The summed E-state index contributed by atoms with van der Waals surface area (Å²) in [5.41, 5.74) is 6.45. The van der Waals surface area contributed by atoms with Gasteiger partial charge in [0.2, 0.25) is 0 Å². The number of hydrogen-bond donors (Lipinski definition) is 2. The zero-order chi connectivity index (χ0) is 17.3. The molecule has 2 nitrogen and oxygen atoms in total. The van der Waals surface area contributed by atoms with Crippen molar-refractivity contribution in [2.24, 2.45) is 23.2 Å². The van der Waals surface area contributed by atoms with E-state index >= 15 is 0 Å². The van der Waals surface area contributed by atoms with Crippen molar-refractivity contribution in [2.45, 2.75) is 70.8 Å². The summed E-state index contributed by atoms with van der Waals surface area (Å²) in [5, 5.41) is 5.55. The molecule has 4 fully saturated rings. The minimum absolute atomic E-state index is 0.541. The van der Waals surface area contributed by atoms with Crippen LogP contribution in [0.4, 0.5) is 0 Å². The Kier molecular flexibility index (Phi) is 3.40. The number of aromatic nitrogens is 1. The first kappa shape index (κ1) is 15.7. The van der Waals surface area contributed by atoms with Crippen LogP contribution in [0.15, 0.2) is 18.2 Å². The van der Waals surface area contributed by atoms with Crippen LogP contribution in [0.25, 0.3) is 10.9 Å². The standard InChI is InChI=1S/C24H32N2/c1-15-5-6-21-20(7-15)19-3-2-4-22(23(19)26-21)25-14-24-11-16-8-17(12-24)10-18(9-16)13-24/h5-7,16-18,22,25-26H,2-4,8-14H2,1H3. The molecule has 0 aliphatic heterocycles. The summed E-state index contributed by atoms with van der Waals surface area (Å²) in [7, 11) is 0. The molecule has 5 aliphatic rings. The van der Waals surface area contributed by atoms with E-state index in [-0.39, 0.29) is 0 Å². The van der Waals surface area contributed by atoms with Crippen LogP contribution in [-0.4, -0.2) is 11.5 Å². The van der Waals surface area contributed by atoms with Crippen molar-refractivity contribution >= 4 is 10.9 Å². The average Bonchev–Trinajstić information content (AvgIpc) is 2.97. The van der Waals surface area contributed by atoms with Gasteiger partial charge in [-0.25, -0.2) is 0 Å². The summed E-state index contributed by atoms with van der Waals surface area (Å²) >= 11 is 0. The summed E-state index contributed by atoms with van der Waals surface area (Å²) in [5.74, 6) is 3.17. The molecule has 1 unspecified atom stereocenters. The van der Waals surface area contributed by atoms with Gasteiger partial charge in [-0.3, -0.25) is 0 Å². The van der Waals surface area contributed by atoms with Crippen molar-refractivity contribution in [1.82, 2.24) is 10.3 Å². The van der Waals surface area contributed by atoms with E-state index in [1.807, 2.05) is 0 Å². The highest BCUT2D eigenvalue weighted by atomic mass is 15.0. The van der Waals surface area contributed by atoms with Gasteiger partial charge in [-0.05, 0) is 106 Å². The van der Waals surface area contributed by atoms with Crippen molar-refractivity contribution in [3.63, 3.8) is 0 Å². The molecule has 0 radical (unpaired) electrons. The monoisotopic (exact) mass is 348 g/mol. The van der Waals surface area contributed by atoms with E-state index < -0.39 is 0 Å². The second kappa shape index (κ2) is 5.61. The Balaban J connectivity index is 1.26. The molecule has 2 N–H and O–H groups in total. The lowest BCUT2D eigenvalue weighted by atomic mass is 9.49. The Labute approximate surface area is 157 Å². The molecule has 0 spiro atoms. The molecule has 0 amide bonds. The average molecular weight is 349 g/mol. The van der Waals surface area contributed by atoms with Crippen LogP contribution in [0.2, 0.25) is 0 Å². The summed E-state index contributed by atoms with van der Waals surface area (Å²) in [6.07, 6.45) is 13.1. The van der Waals surface area contributed by atoms with Crippen LogP contribution in [0.5, 0.6) is 0 Å². The largest absolute Gasteiger partial charge is 0.357 e. The van der Waals surface area contributed by atoms with Gasteiger partial charge in [0, 0.05) is 29.2 Å². The van der Waals surface area contributed by atoms with Crippen LogP contribution in [0, 0.1) is 30.1 Å². The lowest BCUT2D eigenvalue weighted by Gasteiger charge is -2.57. The number of aromatic amines is 1. The number of rotatable bonds is 3. The highest BCUT2D eigenvalue weighted by molar-refractivity contribution is 5.85. The molecule has 4 saturated carbocycles. The van der Waals surface area contributed by atoms with E-state index in [1.165, 1.54) is 67.2 Å². The van der Waals surface area contributed by atoms with Gasteiger partial charge < -0.3 is 10.3 Å². The third-order valence-electron chi connectivity index (χ3n) is 8.25. The molecule has 7 rings (SSSR count). The Bertz CT molecular complexity index is 810. The highest BCUT2D eigenvalue weighted by Gasteiger charge is 2.50. The maximum atomic E-state index is 4.08. The highest BCUT2D eigenvalue weighted by Crippen LogP contribution is 2.59. The topological polar surface area (TPSA) is 27.8 Å². The minimum Gasteiger partial charge on any atom is -0.357 e. The second-order valence-electron chi connectivity index (χ2n) is 10.3. The van der Waals surface area contributed by atoms with Crippen molar-refractivity contribution in [1.29, 1.82) is 0 Å². The van der Waals surface area contributed by atoms with E-state index in [2.05, 4.69) is 35.4 Å². The van der Waals surface area contributed by atoms with Crippen LogP contribution >= 0.6 is 0 Å². The molecule has 1 aromatic carbocycles. The molecule has 1 aromatic heterocycles. The fourth-order valence-electron chi connectivity index (χ4n) is 7.63. The van der Waals surface area contributed by atoms with Gasteiger partial charge in [-0.2, -0.15) is 0 Å². The van der Waals surface area contributed by atoms with Gasteiger partial charge in [0.1, 0.15) is 0 Å². The Hall–Kier alpha value is -1.28. The van der Waals surface area contributed by atoms with Crippen molar-refractivity contribution in [2.75, 3.05) is 6.54 Å². The molecule has 26 heavy (non-hydrogen) atoms. The predicted octanol–water partition coefficient (Wildman–Crippen LogP) is 5.66. The summed E-state index contributed by atoms with van der Waals surface area (Å²) in [6, 6.07) is 7.44. The molecule has 0 saturated heterocycles. The zero-order valence-corrected chi connectivity index (χ0v) is 16.1. The number of benzene rings is 1. The van der Waals surface area contributed by atoms with E-state index in [4.69, 9.17) is 0 Å². The van der Waals surface area contributed by atoms with E-state index in [1.54, 1.807) is 24.8 Å². The van der Waals surface area contributed by atoms with Crippen LogP contribution in [0.1, 0.15) is 74.2 Å². The number of aryl methyl sites for hydroxylation is 2. The summed E-state index contributed by atoms with van der Waals surface area (Å²) in [6.45, 7) is 3.47. The lowest BCUT2D eigenvalue weighted by molar-refractivity contribution is -0.0527. The molecule has 5 aliphatic carbocycles. The zero-order valence-electron chi connectivity index (χ0n) is 16.1. The molecule has 2 aromatic rings. The number of hydrogen-bond acceptors (Lipinski definition) is 1. The van der Waals surface area contributed by atoms with Crippen LogP contribution in [-0.2, 0) is 6.42 Å². The SMILES string of the molecule is Cc1ccc2[nH]c3c(c2c1)CCCC3NCC12CC3CC(CC(C3)C1)C2. The van der Waals surface area contributed by atoms with Gasteiger partial charge in [0.15, 0.2) is 0 Å². The molecule has 138 valence electrons. The smallest absolute Gasteiger partial charge is 0.0476 e.